The van der Waals surface area contributed by atoms with Crippen LogP contribution < -0.4 is 0 Å². The van der Waals surface area contributed by atoms with Gasteiger partial charge in [-0.3, -0.25) is 4.79 Å². The fraction of sp³-hybridized carbons (Fsp3) is 0.231. The summed E-state index contributed by atoms with van der Waals surface area (Å²) in [5.74, 6) is 1.07. The van der Waals surface area contributed by atoms with Gasteiger partial charge in [0.2, 0.25) is 0 Å². The minimum Gasteiger partial charge on any atom is -0.304 e. The zero-order valence-corrected chi connectivity index (χ0v) is 11.4. The first-order valence-electron chi connectivity index (χ1n) is 5.46. The van der Waals surface area contributed by atoms with E-state index in [9.17, 15) is 4.79 Å². The number of aryl methyl sites for hydroxylation is 1. The molecule has 17 heavy (non-hydrogen) atoms. The van der Waals surface area contributed by atoms with Crippen LogP contribution in [0.1, 0.15) is 30.0 Å². The van der Waals surface area contributed by atoms with Gasteiger partial charge in [0.05, 0.1) is 0 Å². The predicted molar refractivity (Wildman–Crippen MR) is 70.6 cm³/mol. The fourth-order valence-electron chi connectivity index (χ4n) is 1.77. The van der Waals surface area contributed by atoms with Crippen LogP contribution in [-0.2, 0) is 6.42 Å². The summed E-state index contributed by atoms with van der Waals surface area (Å²) in [5.41, 5.74) is 1.71. The average molecular weight is 293 g/mol. The summed E-state index contributed by atoms with van der Waals surface area (Å²) in [5, 5.41) is 0. The molecule has 0 fully saturated rings. The molecular formula is C13H13BrN2O. The van der Waals surface area contributed by atoms with Crippen LogP contribution in [0, 0.1) is 0 Å². The van der Waals surface area contributed by atoms with Gasteiger partial charge in [-0.2, -0.15) is 0 Å². The van der Waals surface area contributed by atoms with E-state index >= 15 is 0 Å². The Kier molecular flexibility index (Phi) is 3.43. The van der Waals surface area contributed by atoms with Crippen molar-refractivity contribution in [2.45, 2.75) is 20.3 Å². The van der Waals surface area contributed by atoms with E-state index in [1.165, 1.54) is 0 Å². The zero-order valence-electron chi connectivity index (χ0n) is 9.77. The predicted octanol–water partition coefficient (Wildman–Crippen LogP) is 3.40. The lowest BCUT2D eigenvalue weighted by Gasteiger charge is -2.08. The number of halogens is 1. The maximum absolute atomic E-state index is 11.3. The number of hydrogen-bond acceptors (Lipinski definition) is 2. The molecule has 4 heteroatoms. The van der Waals surface area contributed by atoms with Crippen molar-refractivity contribution in [3.05, 3.63) is 46.5 Å². The highest BCUT2D eigenvalue weighted by molar-refractivity contribution is 9.10. The highest BCUT2D eigenvalue weighted by Gasteiger charge is 2.08. The molecule has 1 aromatic heterocycles. The van der Waals surface area contributed by atoms with Crippen LogP contribution in [0.25, 0.3) is 5.69 Å². The van der Waals surface area contributed by atoms with Crippen molar-refractivity contribution >= 4 is 21.7 Å². The molecule has 1 aromatic carbocycles. The van der Waals surface area contributed by atoms with E-state index in [-0.39, 0.29) is 5.78 Å². The van der Waals surface area contributed by atoms with Crippen LogP contribution in [0.4, 0.5) is 0 Å². The van der Waals surface area contributed by atoms with Gasteiger partial charge in [0.15, 0.2) is 5.78 Å². The average Bonchev–Trinajstić information content (AvgIpc) is 2.76. The highest BCUT2D eigenvalue weighted by atomic mass is 79.9. The molecule has 0 atom stereocenters. The number of ketones is 1. The number of benzene rings is 1. The first-order chi connectivity index (χ1) is 8.13. The van der Waals surface area contributed by atoms with Crippen LogP contribution in [0.3, 0.4) is 0 Å². The number of imidazole rings is 1. The van der Waals surface area contributed by atoms with Crippen molar-refractivity contribution in [2.24, 2.45) is 0 Å². The van der Waals surface area contributed by atoms with Gasteiger partial charge in [-0.05, 0) is 41.1 Å². The number of aromatic nitrogens is 2. The van der Waals surface area contributed by atoms with E-state index in [4.69, 9.17) is 0 Å². The SMILES string of the molecule is CCc1nccn1-c1ccc(C(C)=O)c(Br)c1. The molecule has 88 valence electrons. The number of Topliss-reactive ketones (excluding diaryl/α,β-unsaturated/α-hetero) is 1. The second-order valence-corrected chi connectivity index (χ2v) is 4.64. The molecule has 0 aliphatic heterocycles. The monoisotopic (exact) mass is 292 g/mol. The Hall–Kier alpha value is -1.42. The molecule has 0 unspecified atom stereocenters. The molecule has 3 nitrogen and oxygen atoms in total. The van der Waals surface area contributed by atoms with Gasteiger partial charge in [-0.1, -0.05) is 6.92 Å². The van der Waals surface area contributed by atoms with Crippen molar-refractivity contribution in [2.75, 3.05) is 0 Å². The molecule has 0 radical (unpaired) electrons. The zero-order chi connectivity index (χ0) is 12.4. The fourth-order valence-corrected chi connectivity index (χ4v) is 2.42. The van der Waals surface area contributed by atoms with Crippen LogP contribution in [-0.4, -0.2) is 15.3 Å². The number of nitrogens with zero attached hydrogens (tertiary/aromatic N) is 2. The molecule has 0 spiro atoms. The molecule has 0 aliphatic carbocycles. The normalized spacial score (nSPS) is 10.5. The summed E-state index contributed by atoms with van der Waals surface area (Å²) in [6.07, 6.45) is 4.58. The molecule has 0 saturated heterocycles. The molecule has 2 rings (SSSR count). The van der Waals surface area contributed by atoms with Crippen molar-refractivity contribution in [3.63, 3.8) is 0 Å². The maximum Gasteiger partial charge on any atom is 0.160 e. The maximum atomic E-state index is 11.3. The van der Waals surface area contributed by atoms with E-state index in [1.807, 2.05) is 29.0 Å². The number of carbonyl (C=O) groups excluding carboxylic acids is 1. The second-order valence-electron chi connectivity index (χ2n) is 3.79. The number of hydrogen-bond donors (Lipinski definition) is 0. The van der Waals surface area contributed by atoms with Crippen molar-refractivity contribution < 1.29 is 4.79 Å². The van der Waals surface area contributed by atoms with E-state index in [0.29, 0.717) is 5.56 Å². The van der Waals surface area contributed by atoms with E-state index in [1.54, 1.807) is 13.1 Å². The quantitative estimate of drug-likeness (QED) is 0.813. The molecule has 0 saturated carbocycles. The van der Waals surface area contributed by atoms with Gasteiger partial charge in [0.1, 0.15) is 5.82 Å². The standard InChI is InChI=1S/C13H13BrN2O/c1-3-13-15-6-7-16(13)10-4-5-11(9(2)17)12(14)8-10/h4-8H,3H2,1-2H3. The largest absolute Gasteiger partial charge is 0.304 e. The van der Waals surface area contributed by atoms with Crippen molar-refractivity contribution in [1.82, 2.24) is 9.55 Å². The number of rotatable bonds is 3. The van der Waals surface area contributed by atoms with E-state index in [0.717, 1.165) is 22.4 Å². The lowest BCUT2D eigenvalue weighted by Crippen LogP contribution is -2.01. The Morgan fingerprint density at radius 1 is 1.47 bits per heavy atom. The second kappa shape index (κ2) is 4.84. The molecule has 0 amide bonds. The highest BCUT2D eigenvalue weighted by Crippen LogP contribution is 2.22. The molecular weight excluding hydrogens is 280 g/mol. The molecule has 2 aromatic rings. The van der Waals surface area contributed by atoms with Crippen LogP contribution >= 0.6 is 15.9 Å². The summed E-state index contributed by atoms with van der Waals surface area (Å²) >= 11 is 3.43. The topological polar surface area (TPSA) is 34.9 Å². The van der Waals surface area contributed by atoms with Gasteiger partial charge in [-0.25, -0.2) is 4.98 Å². The van der Waals surface area contributed by atoms with E-state index < -0.39 is 0 Å². The van der Waals surface area contributed by atoms with Crippen molar-refractivity contribution in [3.8, 4) is 5.69 Å². The van der Waals surface area contributed by atoms with Gasteiger partial charge >= 0.3 is 0 Å². The first-order valence-corrected chi connectivity index (χ1v) is 6.26. The van der Waals surface area contributed by atoms with Gasteiger partial charge in [0, 0.05) is 34.5 Å². The Balaban J connectivity index is 2.48. The third kappa shape index (κ3) is 2.31. The lowest BCUT2D eigenvalue weighted by molar-refractivity contribution is 0.101. The summed E-state index contributed by atoms with van der Waals surface area (Å²) in [7, 11) is 0. The summed E-state index contributed by atoms with van der Waals surface area (Å²) in [6, 6.07) is 5.71. The molecule has 0 aliphatic rings. The Bertz CT molecular complexity index is 560. The molecule has 1 heterocycles. The Morgan fingerprint density at radius 2 is 2.24 bits per heavy atom. The van der Waals surface area contributed by atoms with Crippen LogP contribution in [0.15, 0.2) is 35.1 Å². The van der Waals surface area contributed by atoms with Gasteiger partial charge in [0.25, 0.3) is 0 Å². The minimum atomic E-state index is 0.0600. The summed E-state index contributed by atoms with van der Waals surface area (Å²) in [4.78, 5) is 15.6. The third-order valence-corrected chi connectivity index (χ3v) is 3.30. The number of carbonyl (C=O) groups is 1. The Labute approximate surface area is 109 Å². The van der Waals surface area contributed by atoms with Crippen molar-refractivity contribution in [1.29, 1.82) is 0 Å². The van der Waals surface area contributed by atoms with Crippen LogP contribution in [0.5, 0.6) is 0 Å². The minimum absolute atomic E-state index is 0.0600. The summed E-state index contributed by atoms with van der Waals surface area (Å²) < 4.78 is 2.84. The van der Waals surface area contributed by atoms with Gasteiger partial charge < -0.3 is 4.57 Å². The van der Waals surface area contributed by atoms with E-state index in [2.05, 4.69) is 27.8 Å². The lowest BCUT2D eigenvalue weighted by atomic mass is 10.1. The van der Waals surface area contributed by atoms with Crippen LogP contribution in [0.2, 0.25) is 0 Å². The Morgan fingerprint density at radius 3 is 2.82 bits per heavy atom. The smallest absolute Gasteiger partial charge is 0.160 e. The van der Waals surface area contributed by atoms with Gasteiger partial charge in [-0.15, -0.1) is 0 Å². The summed E-state index contributed by atoms with van der Waals surface area (Å²) in [6.45, 7) is 3.63. The molecule has 0 bridgehead atoms. The first kappa shape index (κ1) is 12.0. The molecule has 0 N–H and O–H groups in total. The third-order valence-electron chi connectivity index (χ3n) is 2.64.